The minimum Gasteiger partial charge on any atom is -0.351 e. The summed E-state index contributed by atoms with van der Waals surface area (Å²) >= 11 is 0. The molecule has 1 aliphatic carbocycles. The van der Waals surface area contributed by atoms with Crippen molar-refractivity contribution < 1.29 is 31.3 Å². The molecular formula is C39H40F2N2O5S. The number of rotatable bonds is 11. The summed E-state index contributed by atoms with van der Waals surface area (Å²) < 4.78 is 58.3. The summed E-state index contributed by atoms with van der Waals surface area (Å²) in [6.07, 6.45) is 1.70. The van der Waals surface area contributed by atoms with Crippen molar-refractivity contribution in [3.63, 3.8) is 0 Å². The fraction of sp³-hybridized carbons (Fsp3) is 0.282. The normalized spacial score (nSPS) is 14.9. The Hall–Kier alpha value is -4.67. The topological polar surface area (TPSA) is 113 Å². The van der Waals surface area contributed by atoms with E-state index in [4.69, 9.17) is 4.55 Å². The maximum Gasteiger partial charge on any atom is 0.266 e. The maximum absolute atomic E-state index is 13.9. The van der Waals surface area contributed by atoms with Gasteiger partial charge in [-0.2, -0.15) is 8.42 Å². The van der Waals surface area contributed by atoms with Crippen molar-refractivity contribution in [2.24, 2.45) is 0 Å². The van der Waals surface area contributed by atoms with E-state index < -0.39 is 33.6 Å². The predicted molar refractivity (Wildman–Crippen MR) is 190 cm³/mol. The van der Waals surface area contributed by atoms with Crippen LogP contribution < -0.4 is 10.6 Å². The first kappa shape index (κ1) is 35.6. The van der Waals surface area contributed by atoms with Crippen LogP contribution in [0.2, 0.25) is 0 Å². The Morgan fingerprint density at radius 1 is 0.878 bits per heavy atom. The molecule has 49 heavy (non-hydrogen) atoms. The third-order valence-corrected chi connectivity index (χ3v) is 9.55. The van der Waals surface area contributed by atoms with Gasteiger partial charge in [-0.3, -0.25) is 14.1 Å². The Morgan fingerprint density at radius 3 is 2.06 bits per heavy atom. The predicted octanol–water partition coefficient (Wildman–Crippen LogP) is 8.06. The Balaban J connectivity index is 1.36. The molecule has 10 heteroatoms. The zero-order valence-corrected chi connectivity index (χ0v) is 28.5. The minimum absolute atomic E-state index is 0.192. The number of amides is 2. The van der Waals surface area contributed by atoms with Crippen molar-refractivity contribution in [3.8, 4) is 11.1 Å². The molecule has 1 unspecified atom stereocenters. The zero-order chi connectivity index (χ0) is 35.3. The van der Waals surface area contributed by atoms with E-state index in [2.05, 4.69) is 43.5 Å². The molecule has 5 rings (SSSR count). The quantitative estimate of drug-likeness (QED) is 0.138. The van der Waals surface area contributed by atoms with Gasteiger partial charge in [-0.25, -0.2) is 8.78 Å². The Labute approximate surface area is 286 Å². The molecule has 1 aliphatic rings. The summed E-state index contributed by atoms with van der Waals surface area (Å²) in [6.45, 7) is 6.01. The van der Waals surface area contributed by atoms with E-state index in [0.717, 1.165) is 33.4 Å². The van der Waals surface area contributed by atoms with Crippen LogP contribution in [0.15, 0.2) is 91.0 Å². The average molecular weight is 687 g/mol. The van der Waals surface area contributed by atoms with Crippen LogP contribution in [0.4, 0.5) is 14.5 Å². The van der Waals surface area contributed by atoms with Gasteiger partial charge < -0.3 is 10.6 Å². The Morgan fingerprint density at radius 2 is 1.49 bits per heavy atom. The molecule has 0 fully saturated rings. The van der Waals surface area contributed by atoms with Gasteiger partial charge >= 0.3 is 0 Å². The first-order chi connectivity index (χ1) is 23.2. The SMILES string of the molecule is Cc1cc(C)c(-c2ccc(NC(=O)C(Cc3ccc(C(=O)NCCS(=O)(=O)O)cc3)c3ccc(C4=CCC(F)(F)CC4)cc3)cc2)c(C)c1. The summed E-state index contributed by atoms with van der Waals surface area (Å²) in [4.78, 5) is 26.4. The molecule has 0 spiro atoms. The third-order valence-electron chi connectivity index (χ3n) is 8.83. The van der Waals surface area contributed by atoms with Crippen LogP contribution in [-0.2, 0) is 21.3 Å². The van der Waals surface area contributed by atoms with E-state index in [0.29, 0.717) is 17.7 Å². The lowest BCUT2D eigenvalue weighted by atomic mass is 9.87. The number of carbonyl (C=O) groups excluding carboxylic acids is 2. The molecule has 0 radical (unpaired) electrons. The molecule has 0 bridgehead atoms. The van der Waals surface area contributed by atoms with Crippen LogP contribution >= 0.6 is 0 Å². The molecule has 1 atom stereocenters. The molecular weight excluding hydrogens is 647 g/mol. The van der Waals surface area contributed by atoms with Crippen molar-refractivity contribution >= 4 is 33.2 Å². The highest BCUT2D eigenvalue weighted by Crippen LogP contribution is 2.37. The molecule has 0 aromatic heterocycles. The molecule has 0 aliphatic heterocycles. The van der Waals surface area contributed by atoms with E-state index in [1.54, 1.807) is 30.3 Å². The summed E-state index contributed by atoms with van der Waals surface area (Å²) in [5.41, 5.74) is 9.96. The molecule has 4 aromatic carbocycles. The Kier molecular flexibility index (Phi) is 10.8. The van der Waals surface area contributed by atoms with Gasteiger partial charge in [0.05, 0.1) is 11.7 Å². The zero-order valence-electron chi connectivity index (χ0n) is 27.7. The number of allylic oxidation sites excluding steroid dienone is 2. The number of hydrogen-bond donors (Lipinski definition) is 3. The van der Waals surface area contributed by atoms with E-state index >= 15 is 0 Å². The molecule has 0 saturated heterocycles. The largest absolute Gasteiger partial charge is 0.351 e. The molecule has 2 amide bonds. The third kappa shape index (κ3) is 9.49. The van der Waals surface area contributed by atoms with Crippen LogP contribution in [0.3, 0.4) is 0 Å². The van der Waals surface area contributed by atoms with Crippen LogP contribution in [0.25, 0.3) is 16.7 Å². The fourth-order valence-corrected chi connectivity index (χ4v) is 6.72. The maximum atomic E-state index is 13.9. The smallest absolute Gasteiger partial charge is 0.266 e. The summed E-state index contributed by atoms with van der Waals surface area (Å²) in [5.74, 6) is -4.61. The van der Waals surface area contributed by atoms with Gasteiger partial charge in [0, 0.05) is 30.6 Å². The van der Waals surface area contributed by atoms with Gasteiger partial charge in [-0.05, 0) is 102 Å². The minimum atomic E-state index is -4.20. The van der Waals surface area contributed by atoms with Crippen molar-refractivity contribution in [1.82, 2.24) is 5.32 Å². The Bertz CT molecular complexity index is 1950. The second-order valence-electron chi connectivity index (χ2n) is 12.7. The lowest BCUT2D eigenvalue weighted by Crippen LogP contribution is -2.28. The van der Waals surface area contributed by atoms with Gasteiger partial charge in [0.25, 0.3) is 21.9 Å². The van der Waals surface area contributed by atoms with Crippen molar-refractivity contribution in [2.75, 3.05) is 17.6 Å². The average Bonchev–Trinajstić information content (AvgIpc) is 3.04. The number of benzene rings is 4. The molecule has 7 nitrogen and oxygen atoms in total. The highest BCUT2D eigenvalue weighted by Gasteiger charge is 2.31. The van der Waals surface area contributed by atoms with Gasteiger partial charge in [-0.1, -0.05) is 72.3 Å². The summed E-state index contributed by atoms with van der Waals surface area (Å²) in [5, 5.41) is 5.52. The number of hydrogen-bond acceptors (Lipinski definition) is 4. The van der Waals surface area contributed by atoms with Gasteiger partial charge in [0.1, 0.15) is 0 Å². The number of anilines is 1. The first-order valence-corrected chi connectivity index (χ1v) is 17.8. The van der Waals surface area contributed by atoms with E-state index in [9.17, 15) is 26.8 Å². The standard InChI is InChI=1S/C39H40F2N2O5S/c1-25-22-26(2)36(27(3)23-25)32-12-14-34(15-13-32)43-38(45)35(31-10-8-29(9-11-31)30-16-18-39(40,41)19-17-30)24-28-4-6-33(7-5-28)37(44)42-20-21-49(46,47)48/h4-16,22-23,35H,17-21,24H2,1-3H3,(H,42,44)(H,43,45)(H,46,47,48). The van der Waals surface area contributed by atoms with Crippen LogP contribution in [0, 0.1) is 20.8 Å². The van der Waals surface area contributed by atoms with Gasteiger partial charge in [0.15, 0.2) is 0 Å². The summed E-state index contributed by atoms with van der Waals surface area (Å²) in [7, 11) is -4.20. The van der Waals surface area contributed by atoms with Crippen molar-refractivity contribution in [1.29, 1.82) is 0 Å². The van der Waals surface area contributed by atoms with E-state index in [1.165, 1.54) is 16.7 Å². The van der Waals surface area contributed by atoms with Crippen LogP contribution in [0.1, 0.15) is 68.9 Å². The highest BCUT2D eigenvalue weighted by atomic mass is 32.2. The number of alkyl halides is 2. The van der Waals surface area contributed by atoms with Crippen LogP contribution in [0.5, 0.6) is 0 Å². The number of nitrogens with one attached hydrogen (secondary N) is 2. The van der Waals surface area contributed by atoms with E-state index in [-0.39, 0.29) is 31.7 Å². The molecule has 0 saturated carbocycles. The highest BCUT2D eigenvalue weighted by molar-refractivity contribution is 7.85. The second-order valence-corrected chi connectivity index (χ2v) is 14.3. The van der Waals surface area contributed by atoms with Gasteiger partial charge in [-0.15, -0.1) is 0 Å². The molecule has 3 N–H and O–H groups in total. The van der Waals surface area contributed by atoms with Crippen LogP contribution in [-0.4, -0.2) is 43.0 Å². The lowest BCUT2D eigenvalue weighted by Gasteiger charge is -2.22. The fourth-order valence-electron chi connectivity index (χ4n) is 6.36. The van der Waals surface area contributed by atoms with Crippen molar-refractivity contribution in [2.45, 2.75) is 58.3 Å². The summed E-state index contributed by atoms with van der Waals surface area (Å²) in [6, 6.07) is 26.2. The molecule has 256 valence electrons. The lowest BCUT2D eigenvalue weighted by molar-refractivity contribution is -0.117. The van der Waals surface area contributed by atoms with Gasteiger partial charge in [0.2, 0.25) is 5.91 Å². The number of carbonyl (C=O) groups is 2. The first-order valence-electron chi connectivity index (χ1n) is 16.2. The number of aryl methyl sites for hydroxylation is 3. The second kappa shape index (κ2) is 14.8. The number of halogens is 2. The molecule has 4 aromatic rings. The van der Waals surface area contributed by atoms with Crippen molar-refractivity contribution in [3.05, 3.63) is 130 Å². The molecule has 0 heterocycles. The van der Waals surface area contributed by atoms with E-state index in [1.807, 2.05) is 48.5 Å². The monoisotopic (exact) mass is 686 g/mol.